The van der Waals surface area contributed by atoms with E-state index in [0.717, 1.165) is 32.1 Å². The third-order valence-electron chi connectivity index (χ3n) is 4.48. The van der Waals surface area contributed by atoms with E-state index in [4.69, 9.17) is 0 Å². The second-order valence-corrected chi connectivity index (χ2v) is 5.33. The van der Waals surface area contributed by atoms with Crippen molar-refractivity contribution in [3.05, 3.63) is 0 Å². The van der Waals surface area contributed by atoms with Gasteiger partial charge >= 0.3 is 0 Å². The maximum absolute atomic E-state index is 13.0. The van der Waals surface area contributed by atoms with Crippen LogP contribution in [0.2, 0.25) is 0 Å². The molecule has 0 bridgehead atoms. The largest absolute Gasteiger partial charge is 0.254 e. The van der Waals surface area contributed by atoms with Gasteiger partial charge in [-0.15, -0.1) is 0 Å². The lowest BCUT2D eigenvalue weighted by Gasteiger charge is -2.37. The summed E-state index contributed by atoms with van der Waals surface area (Å²) in [6.45, 7) is 4.41. The highest BCUT2D eigenvalue weighted by molar-refractivity contribution is 5.12. The summed E-state index contributed by atoms with van der Waals surface area (Å²) < 4.78 is 26.1. The summed E-state index contributed by atoms with van der Waals surface area (Å²) in [5.74, 6) is -2.32. The Labute approximate surface area is 78.7 Å². The highest BCUT2D eigenvalue weighted by Gasteiger charge is 2.71. The van der Waals surface area contributed by atoms with Crippen molar-refractivity contribution in [2.75, 3.05) is 0 Å². The van der Waals surface area contributed by atoms with Gasteiger partial charge in [0.15, 0.2) is 0 Å². The molecule has 0 radical (unpaired) electrons. The quantitative estimate of drug-likeness (QED) is 0.583. The molecule has 0 N–H and O–H groups in total. The molecule has 2 saturated carbocycles. The first-order valence-corrected chi connectivity index (χ1v) is 5.31. The number of hydrogen-bond donors (Lipinski definition) is 0. The topological polar surface area (TPSA) is 0 Å². The lowest BCUT2D eigenvalue weighted by molar-refractivity contribution is 0.0249. The molecule has 0 amide bonds. The van der Waals surface area contributed by atoms with E-state index in [-0.39, 0.29) is 6.42 Å². The van der Waals surface area contributed by atoms with Crippen LogP contribution in [0.5, 0.6) is 0 Å². The lowest BCUT2D eigenvalue weighted by atomic mass is 9.69. The Morgan fingerprint density at radius 3 is 1.85 bits per heavy atom. The van der Waals surface area contributed by atoms with E-state index >= 15 is 0 Å². The van der Waals surface area contributed by atoms with Crippen molar-refractivity contribution in [3.8, 4) is 0 Å². The van der Waals surface area contributed by atoms with Crippen LogP contribution >= 0.6 is 0 Å². The van der Waals surface area contributed by atoms with Crippen molar-refractivity contribution >= 4 is 0 Å². The van der Waals surface area contributed by atoms with Gasteiger partial charge in [-0.3, -0.25) is 0 Å². The first kappa shape index (κ1) is 9.42. The molecular formula is C11H18F2. The van der Waals surface area contributed by atoms with E-state index < -0.39 is 11.3 Å². The Morgan fingerprint density at radius 2 is 1.54 bits per heavy atom. The predicted molar refractivity (Wildman–Crippen MR) is 48.9 cm³/mol. The van der Waals surface area contributed by atoms with Gasteiger partial charge in [-0.05, 0) is 31.1 Å². The molecule has 0 aliphatic heterocycles. The molecule has 0 saturated heterocycles. The van der Waals surface area contributed by atoms with Crippen molar-refractivity contribution in [2.45, 2.75) is 58.3 Å². The van der Waals surface area contributed by atoms with Crippen LogP contribution in [0, 0.1) is 10.8 Å². The van der Waals surface area contributed by atoms with Gasteiger partial charge < -0.3 is 0 Å². The van der Waals surface area contributed by atoms with Gasteiger partial charge in [-0.25, -0.2) is 8.78 Å². The zero-order chi connectivity index (χ0) is 9.74. The zero-order valence-corrected chi connectivity index (χ0v) is 8.50. The summed E-state index contributed by atoms with van der Waals surface area (Å²) in [6.07, 6.45) is 4.81. The molecule has 0 atom stereocenters. The van der Waals surface area contributed by atoms with Crippen LogP contribution in [0.25, 0.3) is 0 Å². The summed E-state index contributed by atoms with van der Waals surface area (Å²) in [5, 5.41) is 0. The van der Waals surface area contributed by atoms with Crippen LogP contribution in [-0.4, -0.2) is 5.92 Å². The second kappa shape index (κ2) is 2.46. The third kappa shape index (κ3) is 1.29. The second-order valence-electron chi connectivity index (χ2n) is 5.33. The summed E-state index contributed by atoms with van der Waals surface area (Å²) >= 11 is 0. The van der Waals surface area contributed by atoms with Gasteiger partial charge in [0.2, 0.25) is 0 Å². The fraction of sp³-hybridized carbons (Fsp3) is 1.00. The highest BCUT2D eigenvalue weighted by Crippen LogP contribution is 2.69. The molecule has 0 aromatic heterocycles. The van der Waals surface area contributed by atoms with Gasteiger partial charge in [0.05, 0.1) is 0 Å². The fourth-order valence-corrected chi connectivity index (χ4v) is 2.61. The van der Waals surface area contributed by atoms with Crippen LogP contribution in [-0.2, 0) is 0 Å². The molecule has 2 rings (SSSR count). The van der Waals surface area contributed by atoms with Crippen molar-refractivity contribution in [1.29, 1.82) is 0 Å². The Balaban J connectivity index is 1.99. The van der Waals surface area contributed by atoms with Crippen LogP contribution in [0.1, 0.15) is 52.4 Å². The molecule has 0 aromatic rings. The number of hydrogen-bond acceptors (Lipinski definition) is 0. The molecule has 13 heavy (non-hydrogen) atoms. The smallest absolute Gasteiger partial charge is 0.206 e. The molecule has 1 spiro atoms. The minimum absolute atomic E-state index is 0.166. The molecule has 0 aromatic carbocycles. The summed E-state index contributed by atoms with van der Waals surface area (Å²) in [4.78, 5) is 0. The Morgan fingerprint density at radius 1 is 1.08 bits per heavy atom. The third-order valence-corrected chi connectivity index (χ3v) is 4.48. The molecular weight excluding hydrogens is 170 g/mol. The summed E-state index contributed by atoms with van der Waals surface area (Å²) in [6, 6.07) is 0. The van der Waals surface area contributed by atoms with E-state index in [1.807, 2.05) is 0 Å². The van der Waals surface area contributed by atoms with Crippen molar-refractivity contribution < 1.29 is 8.78 Å². The van der Waals surface area contributed by atoms with Gasteiger partial charge in [-0.2, -0.15) is 0 Å². The highest BCUT2D eigenvalue weighted by atomic mass is 19.3. The van der Waals surface area contributed by atoms with Crippen molar-refractivity contribution in [1.82, 2.24) is 0 Å². The Bertz CT molecular complexity index is 212. The van der Waals surface area contributed by atoms with E-state index in [0.29, 0.717) is 5.41 Å². The van der Waals surface area contributed by atoms with Crippen LogP contribution in [0.15, 0.2) is 0 Å². The van der Waals surface area contributed by atoms with Crippen LogP contribution in [0.4, 0.5) is 8.78 Å². The number of rotatable bonds is 1. The summed E-state index contributed by atoms with van der Waals surface area (Å²) in [5.41, 5.74) is -0.203. The average molecular weight is 188 g/mol. The number of halogens is 2. The standard InChI is InChI=1S/C11H18F2/c1-3-9(2)4-6-10(7-5-9)8-11(10,12)13/h3-8H2,1-2H3. The predicted octanol–water partition coefficient (Wildman–Crippen LogP) is 4.00. The molecule has 2 fully saturated rings. The molecule has 2 aliphatic rings. The number of alkyl halides is 2. The minimum Gasteiger partial charge on any atom is -0.206 e. The zero-order valence-electron chi connectivity index (χ0n) is 8.50. The first-order chi connectivity index (χ1) is 5.93. The maximum Gasteiger partial charge on any atom is 0.254 e. The van der Waals surface area contributed by atoms with E-state index in [1.54, 1.807) is 0 Å². The van der Waals surface area contributed by atoms with Gasteiger partial charge in [-0.1, -0.05) is 20.3 Å². The molecule has 2 aliphatic carbocycles. The maximum atomic E-state index is 13.0. The average Bonchev–Trinajstić information content (AvgIpc) is 2.61. The van der Waals surface area contributed by atoms with E-state index in [9.17, 15) is 8.78 Å². The normalized spacial score (nSPS) is 48.0. The van der Waals surface area contributed by atoms with Gasteiger partial charge in [0.1, 0.15) is 0 Å². The molecule has 2 heteroatoms. The lowest BCUT2D eigenvalue weighted by Crippen LogP contribution is -2.27. The first-order valence-electron chi connectivity index (χ1n) is 5.31. The van der Waals surface area contributed by atoms with E-state index in [1.165, 1.54) is 0 Å². The molecule has 0 nitrogen and oxygen atoms in total. The molecule has 0 heterocycles. The monoisotopic (exact) mass is 188 g/mol. The van der Waals surface area contributed by atoms with Gasteiger partial charge in [0, 0.05) is 11.8 Å². The fourth-order valence-electron chi connectivity index (χ4n) is 2.61. The Kier molecular flexibility index (Phi) is 1.78. The van der Waals surface area contributed by atoms with Crippen LogP contribution in [0.3, 0.4) is 0 Å². The molecule has 0 unspecified atom stereocenters. The van der Waals surface area contributed by atoms with Crippen molar-refractivity contribution in [3.63, 3.8) is 0 Å². The summed E-state index contributed by atoms with van der Waals surface area (Å²) in [7, 11) is 0. The SMILES string of the molecule is CCC1(C)CCC2(CC1)CC2(F)F. The van der Waals surface area contributed by atoms with Crippen molar-refractivity contribution in [2.24, 2.45) is 10.8 Å². The van der Waals surface area contributed by atoms with Crippen LogP contribution < -0.4 is 0 Å². The molecule has 76 valence electrons. The minimum atomic E-state index is -2.32. The Hall–Kier alpha value is -0.140. The van der Waals surface area contributed by atoms with Gasteiger partial charge in [0.25, 0.3) is 5.92 Å². The van der Waals surface area contributed by atoms with E-state index in [2.05, 4.69) is 13.8 Å².